The second kappa shape index (κ2) is 9.10. The van der Waals surface area contributed by atoms with E-state index in [9.17, 15) is 19.2 Å². The van der Waals surface area contributed by atoms with Crippen molar-refractivity contribution in [3.63, 3.8) is 0 Å². The molecule has 0 radical (unpaired) electrons. The predicted molar refractivity (Wildman–Crippen MR) is 155 cm³/mol. The van der Waals surface area contributed by atoms with Gasteiger partial charge in [-0.15, -0.1) is 0 Å². The van der Waals surface area contributed by atoms with Crippen molar-refractivity contribution in [3.8, 4) is 0 Å². The van der Waals surface area contributed by atoms with E-state index < -0.39 is 35.0 Å². The van der Waals surface area contributed by atoms with Crippen LogP contribution in [0.25, 0.3) is 0 Å². The number of para-hydroxylation sites is 2. The van der Waals surface area contributed by atoms with Crippen LogP contribution < -0.4 is 9.80 Å². The van der Waals surface area contributed by atoms with E-state index in [0.29, 0.717) is 22.5 Å². The Labute approximate surface area is 238 Å². The zero-order chi connectivity index (χ0) is 28.5. The maximum atomic E-state index is 14.9. The normalized spacial score (nSPS) is 24.9. The van der Waals surface area contributed by atoms with Crippen molar-refractivity contribution in [2.75, 3.05) is 9.80 Å². The number of anilines is 2. The van der Waals surface area contributed by atoms with Gasteiger partial charge in [-0.25, -0.2) is 9.80 Å². The van der Waals surface area contributed by atoms with Crippen LogP contribution in [0.1, 0.15) is 39.7 Å². The monoisotopic (exact) mass is 540 g/mol. The summed E-state index contributed by atoms with van der Waals surface area (Å²) >= 11 is 0. The van der Waals surface area contributed by atoms with Crippen LogP contribution in [0.5, 0.6) is 0 Å². The Morgan fingerprint density at radius 1 is 0.610 bits per heavy atom. The maximum absolute atomic E-state index is 14.9. The van der Waals surface area contributed by atoms with E-state index in [2.05, 4.69) is 0 Å². The van der Waals surface area contributed by atoms with Crippen LogP contribution in [0.4, 0.5) is 11.4 Å². The van der Waals surface area contributed by atoms with Crippen molar-refractivity contribution >= 4 is 35.0 Å². The van der Waals surface area contributed by atoms with Gasteiger partial charge in [0.25, 0.3) is 0 Å². The highest BCUT2D eigenvalue weighted by Gasteiger charge is 2.73. The third kappa shape index (κ3) is 3.50. The summed E-state index contributed by atoms with van der Waals surface area (Å²) in [6.07, 6.45) is 0.155. The van der Waals surface area contributed by atoms with Gasteiger partial charge in [0.15, 0.2) is 0 Å². The Balaban J connectivity index is 1.52. The molecule has 202 valence electrons. The van der Waals surface area contributed by atoms with Crippen LogP contribution in [0.15, 0.2) is 103 Å². The van der Waals surface area contributed by atoms with Crippen molar-refractivity contribution in [2.24, 2.45) is 11.3 Å². The summed E-state index contributed by atoms with van der Waals surface area (Å²) in [5.74, 6) is -4.44. The maximum Gasteiger partial charge on any atom is 0.242 e. The van der Waals surface area contributed by atoms with Gasteiger partial charge >= 0.3 is 0 Å². The van der Waals surface area contributed by atoms with Crippen LogP contribution in [-0.2, 0) is 25.6 Å². The molecular formula is C35H28N2O4. The second-order valence-electron chi connectivity index (χ2n) is 11.4. The molecule has 6 nitrogen and oxygen atoms in total. The summed E-state index contributed by atoms with van der Waals surface area (Å²) in [6.45, 7) is 3.92. The quantitative estimate of drug-likeness (QED) is 0.322. The van der Waals surface area contributed by atoms with Gasteiger partial charge in [0.2, 0.25) is 23.6 Å². The van der Waals surface area contributed by atoms with Gasteiger partial charge in [-0.1, -0.05) is 90.0 Å². The molecular weight excluding hydrogens is 512 g/mol. The molecule has 4 atom stereocenters. The summed E-state index contributed by atoms with van der Waals surface area (Å²) in [5.41, 5.74) is 3.57. The summed E-state index contributed by atoms with van der Waals surface area (Å²) in [6, 6.07) is 31.2. The number of fused-ring (bicyclic) bond motifs is 6. The van der Waals surface area contributed by atoms with Crippen LogP contribution in [0, 0.1) is 25.2 Å². The molecule has 0 spiro atoms. The first kappa shape index (κ1) is 25.1. The number of rotatable bonds is 4. The Morgan fingerprint density at radius 2 is 1.20 bits per heavy atom. The lowest BCUT2D eigenvalue weighted by atomic mass is 9.54. The lowest BCUT2D eigenvalue weighted by Gasteiger charge is -2.43. The van der Waals surface area contributed by atoms with E-state index >= 15 is 0 Å². The van der Waals surface area contributed by atoms with Crippen LogP contribution in [0.3, 0.4) is 0 Å². The highest BCUT2D eigenvalue weighted by atomic mass is 16.2. The third-order valence-electron chi connectivity index (χ3n) is 8.98. The topological polar surface area (TPSA) is 74.8 Å². The Kier molecular flexibility index (Phi) is 5.58. The number of carbonyl (C=O) groups is 4. The smallest absolute Gasteiger partial charge is 0.242 e. The number of benzene rings is 4. The van der Waals surface area contributed by atoms with Gasteiger partial charge in [0.05, 0.1) is 34.5 Å². The molecule has 4 aromatic rings. The summed E-state index contributed by atoms with van der Waals surface area (Å²) < 4.78 is 0. The molecule has 1 aliphatic carbocycles. The largest absolute Gasteiger partial charge is 0.274 e. The Bertz CT molecular complexity index is 1730. The first-order chi connectivity index (χ1) is 19.8. The second-order valence-corrected chi connectivity index (χ2v) is 11.4. The molecule has 6 heteroatoms. The SMILES string of the molecule is Cc1ccc(C[C@]23C(=O)N(c4ccccc4)C(=O)[C@@H]2c2cc(C)ccc2[C@@H]2C(=O)N(c4ccccc4)C(=O)[C@@H]23)cc1. The number of amides is 4. The average Bonchev–Trinajstić information content (AvgIpc) is 3.37. The molecule has 3 aliphatic rings. The van der Waals surface area contributed by atoms with Gasteiger partial charge in [0, 0.05) is 0 Å². The zero-order valence-electron chi connectivity index (χ0n) is 22.8. The lowest BCUT2D eigenvalue weighted by molar-refractivity contribution is -0.138. The number of nitrogens with zero attached hydrogens (tertiary/aromatic N) is 2. The average molecular weight is 541 g/mol. The highest BCUT2D eigenvalue weighted by molar-refractivity contribution is 6.31. The van der Waals surface area contributed by atoms with Crippen LogP contribution in [0.2, 0.25) is 0 Å². The lowest BCUT2D eigenvalue weighted by Crippen LogP contribution is -2.51. The van der Waals surface area contributed by atoms with Crippen LogP contribution in [-0.4, -0.2) is 23.6 Å². The molecule has 2 fully saturated rings. The summed E-state index contributed by atoms with van der Waals surface area (Å²) in [4.78, 5) is 60.7. The fraction of sp³-hybridized carbons (Fsp3) is 0.200. The highest BCUT2D eigenvalue weighted by Crippen LogP contribution is 2.63. The minimum Gasteiger partial charge on any atom is -0.274 e. The number of imide groups is 2. The van der Waals surface area contributed by atoms with Gasteiger partial charge in [-0.2, -0.15) is 0 Å². The van der Waals surface area contributed by atoms with E-state index in [-0.39, 0.29) is 18.2 Å². The minimum absolute atomic E-state index is 0.155. The molecule has 2 aliphatic heterocycles. The van der Waals surface area contributed by atoms with Gasteiger partial charge in [0.1, 0.15) is 0 Å². The Hall–Kier alpha value is -4.84. The molecule has 7 rings (SSSR count). The number of carbonyl (C=O) groups excluding carboxylic acids is 4. The fourth-order valence-electron chi connectivity index (χ4n) is 7.22. The van der Waals surface area contributed by atoms with E-state index in [0.717, 1.165) is 16.7 Å². The first-order valence-electron chi connectivity index (χ1n) is 13.9. The van der Waals surface area contributed by atoms with E-state index in [1.165, 1.54) is 9.80 Å². The molecule has 41 heavy (non-hydrogen) atoms. The van der Waals surface area contributed by atoms with Crippen LogP contribution >= 0.6 is 0 Å². The van der Waals surface area contributed by atoms with E-state index in [1.54, 1.807) is 48.5 Å². The van der Waals surface area contributed by atoms with E-state index in [4.69, 9.17) is 0 Å². The van der Waals surface area contributed by atoms with Crippen molar-refractivity contribution < 1.29 is 19.2 Å². The van der Waals surface area contributed by atoms with Gasteiger partial charge < -0.3 is 0 Å². The first-order valence-corrected chi connectivity index (χ1v) is 13.9. The fourth-order valence-corrected chi connectivity index (χ4v) is 7.22. The molecule has 0 bridgehead atoms. The van der Waals surface area contributed by atoms with Crippen molar-refractivity contribution in [1.29, 1.82) is 0 Å². The number of aryl methyl sites for hydroxylation is 2. The standard InChI is InChI=1S/C35H28N2O4/c1-21-13-16-23(17-14-21)20-35-29(32(39)37(34(35)41)25-11-7-4-8-12-25)27-19-22(2)15-18-26(27)28-30(35)33(40)36(31(28)38)24-9-5-3-6-10-24/h3-19,28-30H,20H2,1-2H3/t28-,29-,30+,35-/m0/s1. The van der Waals surface area contributed by atoms with Gasteiger partial charge in [-0.05, 0) is 61.2 Å². The summed E-state index contributed by atoms with van der Waals surface area (Å²) in [5, 5.41) is 0. The van der Waals surface area contributed by atoms with Crippen molar-refractivity contribution in [1.82, 2.24) is 0 Å². The Morgan fingerprint density at radius 3 is 1.83 bits per heavy atom. The summed E-state index contributed by atoms with van der Waals surface area (Å²) in [7, 11) is 0. The third-order valence-corrected chi connectivity index (χ3v) is 8.98. The molecule has 4 aromatic carbocycles. The van der Waals surface area contributed by atoms with Gasteiger partial charge in [-0.3, -0.25) is 19.2 Å². The predicted octanol–water partition coefficient (Wildman–Crippen LogP) is 5.48. The molecule has 2 saturated heterocycles. The molecule has 0 saturated carbocycles. The van der Waals surface area contributed by atoms with Crippen molar-refractivity contribution in [3.05, 3.63) is 131 Å². The molecule has 0 N–H and O–H groups in total. The zero-order valence-corrected chi connectivity index (χ0v) is 22.8. The molecule has 0 unspecified atom stereocenters. The van der Waals surface area contributed by atoms with E-state index in [1.807, 2.05) is 68.4 Å². The molecule has 0 aromatic heterocycles. The molecule has 2 heterocycles. The molecule has 4 amide bonds. The minimum atomic E-state index is -1.48. The van der Waals surface area contributed by atoms with Crippen molar-refractivity contribution in [2.45, 2.75) is 32.1 Å². The number of hydrogen-bond donors (Lipinski definition) is 0. The number of hydrogen-bond acceptors (Lipinski definition) is 4.